The molecule has 0 radical (unpaired) electrons. The second kappa shape index (κ2) is 5.58. The molecule has 0 aliphatic carbocycles. The van der Waals surface area contributed by atoms with Crippen LogP contribution in [0.2, 0.25) is 0 Å². The van der Waals surface area contributed by atoms with Crippen molar-refractivity contribution in [3.8, 4) is 5.75 Å². The van der Waals surface area contributed by atoms with Gasteiger partial charge >= 0.3 is 0 Å². The molecule has 1 heterocycles. The van der Waals surface area contributed by atoms with Crippen molar-refractivity contribution < 1.29 is 9.90 Å². The van der Waals surface area contributed by atoms with Crippen LogP contribution in [-0.4, -0.2) is 15.9 Å². The summed E-state index contributed by atoms with van der Waals surface area (Å²) in [7, 11) is 0. The number of aromatic nitrogens is 1. The van der Waals surface area contributed by atoms with Gasteiger partial charge in [0, 0.05) is 20.9 Å². The summed E-state index contributed by atoms with van der Waals surface area (Å²) < 4.78 is 0.845. The number of H-pyrrole nitrogens is 1. The van der Waals surface area contributed by atoms with Crippen molar-refractivity contribution in [2.75, 3.05) is 0 Å². The molecule has 4 heteroatoms. The van der Waals surface area contributed by atoms with Crippen molar-refractivity contribution in [3.63, 3.8) is 0 Å². The number of hydrogen-bond donors (Lipinski definition) is 2. The summed E-state index contributed by atoms with van der Waals surface area (Å²) in [5.74, 6) is 0.00414. The number of phenolic OH excluding ortho intramolecular Hbond substituents is 1. The fraction of sp³-hybridized carbons (Fsp3) is 0. The molecule has 21 heavy (non-hydrogen) atoms. The van der Waals surface area contributed by atoms with Gasteiger partial charge in [0.15, 0.2) is 0 Å². The van der Waals surface area contributed by atoms with Crippen LogP contribution in [0.15, 0.2) is 59.1 Å². The summed E-state index contributed by atoms with van der Waals surface area (Å²) in [6.07, 6.45) is 3.06. The quantitative estimate of drug-likeness (QED) is 0.543. The van der Waals surface area contributed by atoms with E-state index in [9.17, 15) is 9.90 Å². The molecule has 0 saturated carbocycles. The molecular formula is C17H12BrNO2. The minimum Gasteiger partial charge on any atom is -0.507 e. The maximum Gasteiger partial charge on any atom is 0.202 e. The molecule has 104 valence electrons. The number of hydrogen-bond acceptors (Lipinski definition) is 2. The van der Waals surface area contributed by atoms with Gasteiger partial charge in [0.05, 0.1) is 5.69 Å². The Labute approximate surface area is 130 Å². The van der Waals surface area contributed by atoms with Crippen LogP contribution >= 0.6 is 15.9 Å². The smallest absolute Gasteiger partial charge is 0.202 e. The van der Waals surface area contributed by atoms with E-state index in [0.717, 1.165) is 15.4 Å². The Kier molecular flexibility index (Phi) is 3.62. The first-order chi connectivity index (χ1) is 10.1. The molecule has 0 aliphatic heterocycles. The molecule has 1 aromatic heterocycles. The summed E-state index contributed by atoms with van der Waals surface area (Å²) in [4.78, 5) is 15.3. The number of benzene rings is 2. The van der Waals surface area contributed by atoms with E-state index in [2.05, 4.69) is 20.9 Å². The zero-order valence-electron chi connectivity index (χ0n) is 11.0. The van der Waals surface area contributed by atoms with Gasteiger partial charge in [-0.25, -0.2) is 0 Å². The van der Waals surface area contributed by atoms with E-state index in [4.69, 9.17) is 0 Å². The van der Waals surface area contributed by atoms with E-state index in [-0.39, 0.29) is 11.5 Å². The summed E-state index contributed by atoms with van der Waals surface area (Å²) in [5, 5.41) is 10.7. The summed E-state index contributed by atoms with van der Waals surface area (Å²) in [6, 6.07) is 14.6. The molecule has 0 aliphatic rings. The number of carbonyl (C=O) groups excluding carboxylic acids is 1. The molecule has 2 aromatic carbocycles. The van der Waals surface area contributed by atoms with E-state index in [1.165, 1.54) is 6.08 Å². The van der Waals surface area contributed by atoms with Crippen molar-refractivity contribution in [3.05, 3.63) is 70.3 Å². The first kappa shape index (κ1) is 13.6. The Morgan fingerprint density at radius 1 is 1.14 bits per heavy atom. The number of nitrogens with one attached hydrogen (secondary N) is 1. The number of halogens is 1. The first-order valence-electron chi connectivity index (χ1n) is 6.42. The second-order valence-electron chi connectivity index (χ2n) is 4.67. The summed E-state index contributed by atoms with van der Waals surface area (Å²) in [6.45, 7) is 0. The van der Waals surface area contributed by atoms with Gasteiger partial charge in [-0.15, -0.1) is 0 Å². The van der Waals surface area contributed by atoms with Crippen LogP contribution in [0.5, 0.6) is 5.75 Å². The van der Waals surface area contributed by atoms with Crippen molar-refractivity contribution in [1.82, 2.24) is 4.98 Å². The summed E-state index contributed by atoms with van der Waals surface area (Å²) in [5.41, 5.74) is 2.05. The normalized spacial score (nSPS) is 11.3. The third kappa shape index (κ3) is 2.90. The van der Waals surface area contributed by atoms with Gasteiger partial charge in [-0.2, -0.15) is 0 Å². The van der Waals surface area contributed by atoms with Gasteiger partial charge < -0.3 is 10.1 Å². The van der Waals surface area contributed by atoms with Crippen molar-refractivity contribution in [1.29, 1.82) is 0 Å². The lowest BCUT2D eigenvalue weighted by Gasteiger charge is -1.99. The monoisotopic (exact) mass is 341 g/mol. The average molecular weight is 342 g/mol. The first-order valence-corrected chi connectivity index (χ1v) is 7.21. The number of para-hydroxylation sites is 1. The third-order valence-corrected chi connectivity index (χ3v) is 3.69. The minimum absolute atomic E-state index is 0.134. The molecule has 0 spiro atoms. The van der Waals surface area contributed by atoms with Gasteiger partial charge in [0.2, 0.25) is 5.78 Å². The molecule has 3 aromatic rings. The number of rotatable bonds is 3. The van der Waals surface area contributed by atoms with Crippen LogP contribution in [0.1, 0.15) is 16.1 Å². The van der Waals surface area contributed by atoms with Gasteiger partial charge in [-0.1, -0.05) is 34.1 Å². The van der Waals surface area contributed by atoms with Gasteiger partial charge in [0.25, 0.3) is 0 Å². The average Bonchev–Trinajstić information content (AvgIpc) is 2.92. The standard InChI is InChI=1S/C17H12BrNO2/c18-13-6-8-16(20)12(9-13)5-7-17(21)15-10-11-3-1-2-4-14(11)19-15/h1-10,19-20H/b7-5+. The highest BCUT2D eigenvalue weighted by Gasteiger charge is 2.06. The van der Waals surface area contributed by atoms with Gasteiger partial charge in [-0.3, -0.25) is 4.79 Å². The lowest BCUT2D eigenvalue weighted by atomic mass is 10.1. The Hall–Kier alpha value is -2.33. The van der Waals surface area contributed by atoms with Crippen LogP contribution in [-0.2, 0) is 0 Å². The molecule has 0 atom stereocenters. The van der Waals surface area contributed by atoms with E-state index in [1.807, 2.05) is 30.3 Å². The predicted octanol–water partition coefficient (Wildman–Crippen LogP) is 4.53. The number of phenols is 1. The maximum absolute atomic E-state index is 12.2. The molecule has 0 amide bonds. The number of allylic oxidation sites excluding steroid dienone is 1. The van der Waals surface area contributed by atoms with Crippen LogP contribution in [0.4, 0.5) is 0 Å². The number of fused-ring (bicyclic) bond motifs is 1. The number of aromatic amines is 1. The van der Waals surface area contributed by atoms with Crippen molar-refractivity contribution in [2.24, 2.45) is 0 Å². The van der Waals surface area contributed by atoms with Gasteiger partial charge in [-0.05, 0) is 42.5 Å². The Morgan fingerprint density at radius 2 is 1.95 bits per heavy atom. The maximum atomic E-state index is 12.2. The van der Waals surface area contributed by atoms with Crippen LogP contribution in [0, 0.1) is 0 Å². The molecule has 0 saturated heterocycles. The lowest BCUT2D eigenvalue weighted by Crippen LogP contribution is -1.93. The molecule has 3 rings (SSSR count). The molecule has 3 nitrogen and oxygen atoms in total. The van der Waals surface area contributed by atoms with Crippen LogP contribution in [0.3, 0.4) is 0 Å². The number of ketones is 1. The van der Waals surface area contributed by atoms with Gasteiger partial charge in [0.1, 0.15) is 5.75 Å². The van der Waals surface area contributed by atoms with Crippen LogP contribution in [0.25, 0.3) is 17.0 Å². The zero-order valence-corrected chi connectivity index (χ0v) is 12.6. The Balaban J connectivity index is 1.88. The van der Waals surface area contributed by atoms with E-state index < -0.39 is 0 Å². The highest BCUT2D eigenvalue weighted by atomic mass is 79.9. The number of aromatic hydroxyl groups is 1. The molecule has 2 N–H and O–H groups in total. The largest absolute Gasteiger partial charge is 0.507 e. The lowest BCUT2D eigenvalue weighted by molar-refractivity contribution is 0.104. The predicted molar refractivity (Wildman–Crippen MR) is 87.5 cm³/mol. The highest BCUT2D eigenvalue weighted by Crippen LogP contribution is 2.23. The molecule has 0 unspecified atom stereocenters. The van der Waals surface area contributed by atoms with E-state index >= 15 is 0 Å². The Morgan fingerprint density at radius 3 is 2.76 bits per heavy atom. The molecule has 0 bridgehead atoms. The van der Waals surface area contributed by atoms with E-state index in [1.54, 1.807) is 24.3 Å². The van der Waals surface area contributed by atoms with Crippen LogP contribution < -0.4 is 0 Å². The van der Waals surface area contributed by atoms with Crippen molar-refractivity contribution in [2.45, 2.75) is 0 Å². The minimum atomic E-state index is -0.134. The molecule has 0 fully saturated rings. The zero-order chi connectivity index (χ0) is 14.8. The highest BCUT2D eigenvalue weighted by molar-refractivity contribution is 9.10. The number of carbonyl (C=O) groups is 1. The SMILES string of the molecule is O=C(/C=C/c1cc(Br)ccc1O)c1cc2ccccc2[nH]1. The summed E-state index contributed by atoms with van der Waals surface area (Å²) >= 11 is 3.34. The second-order valence-corrected chi connectivity index (χ2v) is 5.59. The van der Waals surface area contributed by atoms with Crippen molar-refractivity contribution >= 4 is 38.7 Å². The van der Waals surface area contributed by atoms with E-state index in [0.29, 0.717) is 11.3 Å². The fourth-order valence-electron chi connectivity index (χ4n) is 2.12. The Bertz CT molecular complexity index is 816. The molecular weight excluding hydrogens is 330 g/mol. The topological polar surface area (TPSA) is 53.1 Å². The third-order valence-electron chi connectivity index (χ3n) is 3.20. The fourth-order valence-corrected chi connectivity index (χ4v) is 2.50.